The van der Waals surface area contributed by atoms with E-state index in [9.17, 15) is 9.59 Å². The second-order valence-electron chi connectivity index (χ2n) is 3.84. The summed E-state index contributed by atoms with van der Waals surface area (Å²) in [6, 6.07) is 6.94. The van der Waals surface area contributed by atoms with Gasteiger partial charge in [-0.3, -0.25) is 9.59 Å². The summed E-state index contributed by atoms with van der Waals surface area (Å²) in [7, 11) is 1.31. The fourth-order valence-electron chi connectivity index (χ4n) is 1.32. The van der Waals surface area contributed by atoms with Crippen LogP contribution in [-0.4, -0.2) is 32.1 Å². The van der Waals surface area contributed by atoms with E-state index < -0.39 is 0 Å². The average Bonchev–Trinajstić information content (AvgIpc) is 2.41. The molecule has 104 valence electrons. The van der Waals surface area contributed by atoms with Crippen LogP contribution in [0.25, 0.3) is 0 Å². The van der Waals surface area contributed by atoms with Crippen LogP contribution in [0.2, 0.25) is 0 Å². The van der Waals surface area contributed by atoms with Gasteiger partial charge in [0.15, 0.2) is 0 Å². The van der Waals surface area contributed by atoms with Crippen molar-refractivity contribution in [1.29, 1.82) is 0 Å². The van der Waals surface area contributed by atoms with E-state index in [-0.39, 0.29) is 37.9 Å². The standard InChI is InChI=1S/C13H18N2O4/c1-18-13(17)6-8-15-12(16)7-9-19-11-4-2-10(14)3-5-11/h2-5H,6-9,14H2,1H3,(H,15,16). The van der Waals surface area contributed by atoms with Crippen LogP contribution in [-0.2, 0) is 14.3 Å². The van der Waals surface area contributed by atoms with Gasteiger partial charge < -0.3 is 20.5 Å². The van der Waals surface area contributed by atoms with E-state index in [1.807, 2.05) is 0 Å². The van der Waals surface area contributed by atoms with E-state index in [1.165, 1.54) is 7.11 Å². The van der Waals surface area contributed by atoms with Crippen molar-refractivity contribution in [3.05, 3.63) is 24.3 Å². The SMILES string of the molecule is COC(=O)CCNC(=O)CCOc1ccc(N)cc1. The lowest BCUT2D eigenvalue weighted by Gasteiger charge is -2.07. The number of rotatable bonds is 7. The van der Waals surface area contributed by atoms with Gasteiger partial charge in [-0.25, -0.2) is 0 Å². The monoisotopic (exact) mass is 266 g/mol. The Morgan fingerprint density at radius 3 is 2.53 bits per heavy atom. The average molecular weight is 266 g/mol. The quantitative estimate of drug-likeness (QED) is 0.560. The van der Waals surface area contributed by atoms with Crippen LogP contribution in [0.3, 0.4) is 0 Å². The molecule has 3 N–H and O–H groups in total. The van der Waals surface area contributed by atoms with Gasteiger partial charge >= 0.3 is 5.97 Å². The Labute approximate surface area is 111 Å². The smallest absolute Gasteiger partial charge is 0.307 e. The zero-order chi connectivity index (χ0) is 14.1. The summed E-state index contributed by atoms with van der Waals surface area (Å²) in [6.45, 7) is 0.543. The molecule has 0 bridgehead atoms. The maximum atomic E-state index is 11.4. The Morgan fingerprint density at radius 1 is 1.21 bits per heavy atom. The minimum atomic E-state index is -0.349. The minimum absolute atomic E-state index is 0.167. The number of hydrogen-bond donors (Lipinski definition) is 2. The molecule has 0 atom stereocenters. The first-order valence-corrected chi connectivity index (χ1v) is 5.93. The third-order valence-electron chi connectivity index (χ3n) is 2.36. The van der Waals surface area contributed by atoms with Crippen molar-refractivity contribution >= 4 is 17.6 Å². The number of nitrogens with two attached hydrogens (primary N) is 1. The zero-order valence-electron chi connectivity index (χ0n) is 10.8. The van der Waals surface area contributed by atoms with E-state index >= 15 is 0 Å². The lowest BCUT2D eigenvalue weighted by atomic mass is 10.3. The second kappa shape index (κ2) is 7.97. The van der Waals surface area contributed by atoms with Gasteiger partial charge in [0.25, 0.3) is 0 Å². The molecule has 6 nitrogen and oxygen atoms in total. The fraction of sp³-hybridized carbons (Fsp3) is 0.385. The number of hydrogen-bond acceptors (Lipinski definition) is 5. The fourth-order valence-corrected chi connectivity index (χ4v) is 1.32. The first kappa shape index (κ1) is 14.8. The maximum Gasteiger partial charge on any atom is 0.307 e. The summed E-state index contributed by atoms with van der Waals surface area (Å²) in [6.07, 6.45) is 0.395. The molecular formula is C13H18N2O4. The van der Waals surface area contributed by atoms with Crippen LogP contribution in [0.4, 0.5) is 5.69 Å². The van der Waals surface area contributed by atoms with E-state index in [1.54, 1.807) is 24.3 Å². The molecule has 1 amide bonds. The number of carbonyl (C=O) groups excluding carboxylic acids is 2. The summed E-state index contributed by atoms with van der Waals surface area (Å²) < 4.78 is 9.83. The van der Waals surface area contributed by atoms with E-state index in [2.05, 4.69) is 10.1 Å². The van der Waals surface area contributed by atoms with Gasteiger partial charge in [-0.2, -0.15) is 0 Å². The van der Waals surface area contributed by atoms with Crippen molar-refractivity contribution < 1.29 is 19.1 Å². The van der Waals surface area contributed by atoms with Crippen molar-refractivity contribution in [2.24, 2.45) is 0 Å². The van der Waals surface area contributed by atoms with Gasteiger partial charge in [0.05, 0.1) is 26.6 Å². The number of esters is 1. The van der Waals surface area contributed by atoms with E-state index in [4.69, 9.17) is 10.5 Å². The molecule has 0 aliphatic heterocycles. The number of amides is 1. The molecule has 0 unspecified atom stereocenters. The summed E-state index contributed by atoms with van der Waals surface area (Å²) in [5.41, 5.74) is 6.20. The normalized spacial score (nSPS) is 9.74. The van der Waals surface area contributed by atoms with Gasteiger partial charge in [0.2, 0.25) is 5.91 Å². The lowest BCUT2D eigenvalue weighted by molar-refractivity contribution is -0.140. The molecule has 0 spiro atoms. The predicted molar refractivity (Wildman–Crippen MR) is 70.6 cm³/mol. The van der Waals surface area contributed by atoms with Crippen LogP contribution >= 0.6 is 0 Å². The van der Waals surface area contributed by atoms with Crippen LogP contribution in [0, 0.1) is 0 Å². The number of ether oxygens (including phenoxy) is 2. The number of methoxy groups -OCH3 is 1. The predicted octanol–water partition coefficient (Wildman–Crippen LogP) is 0.717. The molecule has 0 fully saturated rings. The molecule has 6 heteroatoms. The van der Waals surface area contributed by atoms with Crippen LogP contribution in [0.15, 0.2) is 24.3 Å². The Hall–Kier alpha value is -2.24. The van der Waals surface area contributed by atoms with Crippen LogP contribution < -0.4 is 15.8 Å². The highest BCUT2D eigenvalue weighted by Gasteiger charge is 2.04. The molecule has 0 aliphatic rings. The molecule has 19 heavy (non-hydrogen) atoms. The van der Waals surface area contributed by atoms with Crippen molar-refractivity contribution in [2.75, 3.05) is 26.0 Å². The molecule has 0 heterocycles. The lowest BCUT2D eigenvalue weighted by Crippen LogP contribution is -2.27. The molecule has 1 aromatic carbocycles. The maximum absolute atomic E-state index is 11.4. The largest absolute Gasteiger partial charge is 0.493 e. The molecule has 0 saturated heterocycles. The number of anilines is 1. The van der Waals surface area contributed by atoms with Gasteiger partial charge in [-0.05, 0) is 24.3 Å². The van der Waals surface area contributed by atoms with Crippen molar-refractivity contribution in [3.63, 3.8) is 0 Å². The summed E-state index contributed by atoms with van der Waals surface area (Å²) in [4.78, 5) is 22.2. The summed E-state index contributed by atoms with van der Waals surface area (Å²) in [5.74, 6) is 0.148. The molecule has 0 aromatic heterocycles. The van der Waals surface area contributed by atoms with Gasteiger partial charge in [0.1, 0.15) is 5.75 Å². The number of nitrogens with one attached hydrogen (secondary N) is 1. The Balaban J connectivity index is 2.13. The van der Waals surface area contributed by atoms with Gasteiger partial charge in [0, 0.05) is 12.2 Å². The number of nitrogen functional groups attached to an aromatic ring is 1. The minimum Gasteiger partial charge on any atom is -0.493 e. The first-order chi connectivity index (χ1) is 9.11. The van der Waals surface area contributed by atoms with E-state index in [0.29, 0.717) is 11.4 Å². The van der Waals surface area contributed by atoms with Crippen molar-refractivity contribution in [3.8, 4) is 5.75 Å². The van der Waals surface area contributed by atoms with Crippen LogP contribution in [0.1, 0.15) is 12.8 Å². The highest BCUT2D eigenvalue weighted by molar-refractivity contribution is 5.77. The molecule has 0 aliphatic carbocycles. The van der Waals surface area contributed by atoms with Gasteiger partial charge in [-0.1, -0.05) is 0 Å². The molecule has 0 radical (unpaired) electrons. The highest BCUT2D eigenvalue weighted by Crippen LogP contribution is 2.12. The van der Waals surface area contributed by atoms with E-state index in [0.717, 1.165) is 0 Å². The Kier molecular flexibility index (Phi) is 6.21. The zero-order valence-corrected chi connectivity index (χ0v) is 10.8. The first-order valence-electron chi connectivity index (χ1n) is 5.93. The number of benzene rings is 1. The third kappa shape index (κ3) is 6.30. The summed E-state index contributed by atoms with van der Waals surface area (Å²) in [5, 5.41) is 2.60. The number of carbonyl (C=O) groups is 2. The highest BCUT2D eigenvalue weighted by atomic mass is 16.5. The molecule has 1 aromatic rings. The second-order valence-corrected chi connectivity index (χ2v) is 3.84. The Bertz CT molecular complexity index is 417. The molecule has 0 saturated carbocycles. The molecule has 1 rings (SSSR count). The van der Waals surface area contributed by atoms with Gasteiger partial charge in [-0.15, -0.1) is 0 Å². The Morgan fingerprint density at radius 2 is 1.89 bits per heavy atom. The molecular weight excluding hydrogens is 248 g/mol. The topological polar surface area (TPSA) is 90.6 Å². The van der Waals surface area contributed by atoms with Crippen LogP contribution in [0.5, 0.6) is 5.75 Å². The van der Waals surface area contributed by atoms with Crippen molar-refractivity contribution in [1.82, 2.24) is 5.32 Å². The summed E-state index contributed by atoms with van der Waals surface area (Å²) >= 11 is 0. The van der Waals surface area contributed by atoms with Crippen molar-refractivity contribution in [2.45, 2.75) is 12.8 Å². The third-order valence-corrected chi connectivity index (χ3v) is 2.36.